The molecule has 0 aliphatic heterocycles. The molecule has 8 heteroatoms. The predicted molar refractivity (Wildman–Crippen MR) is 112 cm³/mol. The number of ether oxygens (including phenoxy) is 1. The van der Waals surface area contributed by atoms with Crippen LogP contribution in [0.1, 0.15) is 36.9 Å². The van der Waals surface area contributed by atoms with Crippen LogP contribution in [0.2, 0.25) is 10.0 Å². The highest BCUT2D eigenvalue weighted by Crippen LogP contribution is 2.30. The van der Waals surface area contributed by atoms with Crippen LogP contribution in [0.5, 0.6) is 5.75 Å². The maximum atomic E-state index is 13.2. The van der Waals surface area contributed by atoms with Crippen LogP contribution in [0, 0.1) is 12.7 Å². The summed E-state index contributed by atoms with van der Waals surface area (Å²) in [6.07, 6.45) is -0.281. The van der Waals surface area contributed by atoms with Crippen molar-refractivity contribution >= 4 is 35.0 Å². The first-order chi connectivity index (χ1) is 13.4. The minimum atomic E-state index is -0.346. The molecule has 4 nitrogen and oxygen atoms in total. The lowest BCUT2D eigenvalue weighted by atomic mass is 10.2. The van der Waals surface area contributed by atoms with Gasteiger partial charge in [0.15, 0.2) is 17.1 Å². The maximum Gasteiger partial charge on any atom is 0.191 e. The summed E-state index contributed by atoms with van der Waals surface area (Å²) in [5, 5.41) is 10.5. The van der Waals surface area contributed by atoms with Crippen molar-refractivity contribution in [3.63, 3.8) is 0 Å². The Balaban J connectivity index is 1.75. The van der Waals surface area contributed by atoms with Gasteiger partial charge in [-0.25, -0.2) is 4.39 Å². The molecule has 0 saturated carbocycles. The molecule has 148 valence electrons. The molecule has 0 saturated heterocycles. The fourth-order valence-electron chi connectivity index (χ4n) is 2.77. The Morgan fingerprint density at radius 2 is 1.96 bits per heavy atom. The van der Waals surface area contributed by atoms with Crippen molar-refractivity contribution in [3.8, 4) is 5.75 Å². The van der Waals surface area contributed by atoms with E-state index in [1.165, 1.54) is 23.9 Å². The van der Waals surface area contributed by atoms with Crippen LogP contribution in [0.4, 0.5) is 4.39 Å². The zero-order chi connectivity index (χ0) is 20.3. The number of nitrogens with zero attached hydrogens (tertiary/aromatic N) is 3. The normalized spacial score (nSPS) is 12.2. The van der Waals surface area contributed by atoms with Gasteiger partial charge in [0.05, 0.1) is 0 Å². The Morgan fingerprint density at radius 1 is 1.18 bits per heavy atom. The topological polar surface area (TPSA) is 39.9 Å². The molecule has 1 atom stereocenters. The van der Waals surface area contributed by atoms with Gasteiger partial charge in [0.2, 0.25) is 0 Å². The lowest BCUT2D eigenvalue weighted by Crippen LogP contribution is -2.12. The number of hydrogen-bond donors (Lipinski definition) is 0. The molecular formula is C20H20Cl2FN3OS. The second-order valence-electron chi connectivity index (χ2n) is 6.28. The van der Waals surface area contributed by atoms with Gasteiger partial charge in [-0.05, 0) is 62.2 Å². The molecule has 0 N–H and O–H groups in total. The van der Waals surface area contributed by atoms with E-state index in [1.54, 1.807) is 12.1 Å². The Hall–Kier alpha value is -1.76. The molecule has 1 aromatic heterocycles. The summed E-state index contributed by atoms with van der Waals surface area (Å²) in [5.74, 6) is 1.73. The first kappa shape index (κ1) is 21.0. The average Bonchev–Trinajstić information content (AvgIpc) is 3.06. The third-order valence-corrected chi connectivity index (χ3v) is 5.84. The minimum absolute atomic E-state index is 0.281. The predicted octanol–water partition coefficient (Wildman–Crippen LogP) is 6.48. The third-order valence-electron chi connectivity index (χ3n) is 4.24. The third kappa shape index (κ3) is 4.80. The minimum Gasteiger partial charge on any atom is -0.482 e. The van der Waals surface area contributed by atoms with Crippen LogP contribution in [0.15, 0.2) is 41.6 Å². The maximum absolute atomic E-state index is 13.2. The summed E-state index contributed by atoms with van der Waals surface area (Å²) in [7, 11) is 0. The first-order valence-electron chi connectivity index (χ1n) is 8.81. The van der Waals surface area contributed by atoms with E-state index in [1.807, 2.05) is 37.5 Å². The number of thioether (sulfide) groups is 1. The monoisotopic (exact) mass is 439 g/mol. The van der Waals surface area contributed by atoms with Crippen molar-refractivity contribution in [3.05, 3.63) is 69.2 Å². The quantitative estimate of drug-likeness (QED) is 0.394. The molecule has 0 amide bonds. The molecule has 0 bridgehead atoms. The highest BCUT2D eigenvalue weighted by molar-refractivity contribution is 7.98. The van der Waals surface area contributed by atoms with Gasteiger partial charge in [-0.2, -0.15) is 0 Å². The van der Waals surface area contributed by atoms with Crippen molar-refractivity contribution in [1.29, 1.82) is 0 Å². The molecule has 0 aliphatic rings. The lowest BCUT2D eigenvalue weighted by molar-refractivity contribution is 0.208. The Labute approximate surface area is 178 Å². The van der Waals surface area contributed by atoms with Crippen LogP contribution in [0.3, 0.4) is 0 Å². The van der Waals surface area contributed by atoms with Crippen molar-refractivity contribution in [1.82, 2.24) is 14.8 Å². The Bertz CT molecular complexity index is 980. The zero-order valence-corrected chi connectivity index (χ0v) is 18.1. The van der Waals surface area contributed by atoms with Gasteiger partial charge in [0, 0.05) is 22.3 Å². The smallest absolute Gasteiger partial charge is 0.191 e. The number of benzene rings is 2. The van der Waals surface area contributed by atoms with Gasteiger partial charge in [0.25, 0.3) is 0 Å². The van der Waals surface area contributed by atoms with Gasteiger partial charge in [0.1, 0.15) is 11.6 Å². The number of aryl methyl sites for hydroxylation is 1. The van der Waals surface area contributed by atoms with Crippen LogP contribution in [-0.4, -0.2) is 14.8 Å². The van der Waals surface area contributed by atoms with Crippen LogP contribution >= 0.6 is 35.0 Å². The standard InChI is InChI=1S/C20H20Cl2FN3OS/c1-4-26-19(13(3)27-18-8-6-15(21)9-12(18)2)24-25-20(26)28-11-14-5-7-16(23)10-17(14)22/h5-10,13H,4,11H2,1-3H3. The van der Waals surface area contributed by atoms with Gasteiger partial charge >= 0.3 is 0 Å². The van der Waals surface area contributed by atoms with E-state index in [2.05, 4.69) is 10.2 Å². The SMILES string of the molecule is CCn1c(SCc2ccc(F)cc2Cl)nnc1C(C)Oc1ccc(Cl)cc1C. The van der Waals surface area contributed by atoms with E-state index in [4.69, 9.17) is 27.9 Å². The molecule has 28 heavy (non-hydrogen) atoms. The second kappa shape index (κ2) is 9.16. The summed E-state index contributed by atoms with van der Waals surface area (Å²) in [5.41, 5.74) is 1.81. The highest BCUT2D eigenvalue weighted by Gasteiger charge is 2.19. The summed E-state index contributed by atoms with van der Waals surface area (Å²) >= 11 is 13.6. The number of hydrogen-bond acceptors (Lipinski definition) is 4. The lowest BCUT2D eigenvalue weighted by Gasteiger charge is -2.17. The molecule has 0 aliphatic carbocycles. The fourth-order valence-corrected chi connectivity index (χ4v) is 4.33. The molecule has 0 radical (unpaired) electrons. The van der Waals surface area contributed by atoms with Crippen LogP contribution < -0.4 is 4.74 Å². The summed E-state index contributed by atoms with van der Waals surface area (Å²) in [6, 6.07) is 9.93. The summed E-state index contributed by atoms with van der Waals surface area (Å²) in [4.78, 5) is 0. The van der Waals surface area contributed by atoms with Crippen molar-refractivity contribution in [2.24, 2.45) is 0 Å². The second-order valence-corrected chi connectivity index (χ2v) is 8.07. The fraction of sp³-hybridized carbons (Fsp3) is 0.300. The van der Waals surface area contributed by atoms with Gasteiger partial charge < -0.3 is 9.30 Å². The van der Waals surface area contributed by atoms with Crippen molar-refractivity contribution in [2.45, 2.75) is 44.3 Å². The van der Waals surface area contributed by atoms with Gasteiger partial charge in [-0.3, -0.25) is 0 Å². The molecule has 3 rings (SSSR count). The molecule has 1 heterocycles. The van der Waals surface area contributed by atoms with Crippen LogP contribution in [-0.2, 0) is 12.3 Å². The Kier molecular flexibility index (Phi) is 6.86. The van der Waals surface area contributed by atoms with E-state index < -0.39 is 0 Å². The molecular weight excluding hydrogens is 420 g/mol. The molecule has 0 spiro atoms. The number of rotatable bonds is 7. The molecule has 0 fully saturated rings. The summed E-state index contributed by atoms with van der Waals surface area (Å²) < 4.78 is 21.3. The zero-order valence-electron chi connectivity index (χ0n) is 15.7. The van der Waals surface area contributed by atoms with Crippen molar-refractivity contribution in [2.75, 3.05) is 0 Å². The van der Waals surface area contributed by atoms with Crippen molar-refractivity contribution < 1.29 is 9.13 Å². The van der Waals surface area contributed by atoms with Gasteiger partial charge in [-0.1, -0.05) is 41.0 Å². The van der Waals surface area contributed by atoms with E-state index in [-0.39, 0.29) is 11.9 Å². The molecule has 2 aromatic carbocycles. The largest absolute Gasteiger partial charge is 0.482 e. The molecule has 3 aromatic rings. The van der Waals surface area contributed by atoms with E-state index in [9.17, 15) is 4.39 Å². The number of halogens is 3. The van der Waals surface area contributed by atoms with E-state index in [0.717, 1.165) is 27.9 Å². The Morgan fingerprint density at radius 3 is 2.64 bits per heavy atom. The van der Waals surface area contributed by atoms with Gasteiger partial charge in [-0.15, -0.1) is 10.2 Å². The van der Waals surface area contributed by atoms with E-state index >= 15 is 0 Å². The highest BCUT2D eigenvalue weighted by atomic mass is 35.5. The summed E-state index contributed by atoms with van der Waals surface area (Å²) in [6.45, 7) is 6.62. The first-order valence-corrected chi connectivity index (χ1v) is 10.6. The molecule has 1 unspecified atom stereocenters. The van der Waals surface area contributed by atoms with E-state index in [0.29, 0.717) is 22.3 Å². The average molecular weight is 440 g/mol. The number of aromatic nitrogens is 3. The van der Waals surface area contributed by atoms with Crippen LogP contribution in [0.25, 0.3) is 0 Å².